The smallest absolute Gasteiger partial charge is 0.409 e. The number of rotatable bonds is 7. The van der Waals surface area contributed by atoms with E-state index in [0.29, 0.717) is 45.8 Å². The molecule has 0 saturated carbocycles. The highest BCUT2D eigenvalue weighted by Crippen LogP contribution is 2.12. The van der Waals surface area contributed by atoms with Crippen LogP contribution in [0.15, 0.2) is 29.3 Å². The molecule has 0 unspecified atom stereocenters. The van der Waals surface area contributed by atoms with E-state index in [-0.39, 0.29) is 36.0 Å². The summed E-state index contributed by atoms with van der Waals surface area (Å²) in [6, 6.07) is 7.77. The molecule has 2 rings (SSSR count). The first-order valence-electron chi connectivity index (χ1n) is 10.4. The summed E-state index contributed by atoms with van der Waals surface area (Å²) in [6.07, 6.45) is 1.11. The molecule has 30 heavy (non-hydrogen) atoms. The predicted octanol–water partition coefficient (Wildman–Crippen LogP) is 3.28. The number of guanidine groups is 1. The van der Waals surface area contributed by atoms with Crippen molar-refractivity contribution in [1.29, 1.82) is 0 Å². The topological polar surface area (TPSA) is 86.3 Å². The van der Waals surface area contributed by atoms with Crippen molar-refractivity contribution >= 4 is 47.6 Å². The van der Waals surface area contributed by atoms with Crippen LogP contribution in [0.3, 0.4) is 0 Å². The van der Waals surface area contributed by atoms with Gasteiger partial charge in [0.05, 0.1) is 13.2 Å². The summed E-state index contributed by atoms with van der Waals surface area (Å²) in [5.74, 6) is 0.881. The standard InChI is InChI=1S/C21H33N5O3.HI/c1-4-7-19(27)24-18-10-8-17(9-11-18)16-23-20(22-5-2)25-12-14-26(15-13-25)21(28)29-6-3;/h8-11H,4-7,12-16H2,1-3H3,(H,22,23)(H,24,27);1H. The zero-order chi connectivity index (χ0) is 21.1. The molecule has 2 amide bonds. The second kappa shape index (κ2) is 14.1. The van der Waals surface area contributed by atoms with Crippen LogP contribution in [-0.2, 0) is 16.1 Å². The van der Waals surface area contributed by atoms with Gasteiger partial charge in [0.15, 0.2) is 5.96 Å². The van der Waals surface area contributed by atoms with Crippen molar-refractivity contribution in [2.24, 2.45) is 4.99 Å². The quantitative estimate of drug-likeness (QED) is 0.321. The van der Waals surface area contributed by atoms with Gasteiger partial charge in [-0.3, -0.25) is 4.79 Å². The van der Waals surface area contributed by atoms with Gasteiger partial charge < -0.3 is 25.2 Å². The molecular weight excluding hydrogens is 497 g/mol. The van der Waals surface area contributed by atoms with E-state index < -0.39 is 0 Å². The largest absolute Gasteiger partial charge is 0.450 e. The predicted molar refractivity (Wildman–Crippen MR) is 130 cm³/mol. The zero-order valence-electron chi connectivity index (χ0n) is 18.1. The molecule has 0 radical (unpaired) electrons. The fourth-order valence-electron chi connectivity index (χ4n) is 3.05. The van der Waals surface area contributed by atoms with E-state index in [1.54, 1.807) is 4.90 Å². The van der Waals surface area contributed by atoms with Gasteiger partial charge in [-0.2, -0.15) is 0 Å². The maximum atomic E-state index is 11.9. The van der Waals surface area contributed by atoms with Crippen LogP contribution in [0.4, 0.5) is 10.5 Å². The number of hydrogen-bond donors (Lipinski definition) is 2. The van der Waals surface area contributed by atoms with E-state index in [1.807, 2.05) is 45.0 Å². The van der Waals surface area contributed by atoms with Gasteiger partial charge in [0.1, 0.15) is 0 Å². The van der Waals surface area contributed by atoms with E-state index >= 15 is 0 Å². The maximum Gasteiger partial charge on any atom is 0.409 e. The van der Waals surface area contributed by atoms with Gasteiger partial charge in [-0.05, 0) is 38.0 Å². The van der Waals surface area contributed by atoms with Crippen molar-refractivity contribution in [3.63, 3.8) is 0 Å². The number of benzene rings is 1. The van der Waals surface area contributed by atoms with Gasteiger partial charge in [0.25, 0.3) is 0 Å². The molecule has 8 nitrogen and oxygen atoms in total. The normalized spacial score (nSPS) is 14.0. The molecular formula is C21H34IN5O3. The molecule has 0 bridgehead atoms. The van der Waals surface area contributed by atoms with Crippen LogP contribution >= 0.6 is 24.0 Å². The lowest BCUT2D eigenvalue weighted by atomic mass is 10.2. The Hall–Kier alpha value is -2.04. The SMILES string of the molecule is CCCC(=O)Nc1ccc(CN=C(NCC)N2CCN(C(=O)OCC)CC2)cc1.I. The number of ether oxygens (including phenoxy) is 1. The number of hydrogen-bond acceptors (Lipinski definition) is 4. The number of nitrogens with zero attached hydrogens (tertiary/aromatic N) is 3. The average Bonchev–Trinajstić information content (AvgIpc) is 2.72. The molecule has 0 aromatic heterocycles. The van der Waals surface area contributed by atoms with Crippen molar-refractivity contribution in [2.45, 2.75) is 40.2 Å². The number of amides is 2. The lowest BCUT2D eigenvalue weighted by Crippen LogP contribution is -2.53. The highest BCUT2D eigenvalue weighted by molar-refractivity contribution is 14.0. The van der Waals surface area contributed by atoms with Gasteiger partial charge in [0, 0.05) is 44.8 Å². The number of nitrogens with one attached hydrogen (secondary N) is 2. The van der Waals surface area contributed by atoms with Gasteiger partial charge in [-0.1, -0.05) is 19.1 Å². The summed E-state index contributed by atoms with van der Waals surface area (Å²) in [4.78, 5) is 32.2. The summed E-state index contributed by atoms with van der Waals surface area (Å²) in [5, 5.41) is 6.22. The molecule has 1 aromatic rings. The molecule has 9 heteroatoms. The molecule has 1 fully saturated rings. The second-order valence-electron chi connectivity index (χ2n) is 6.84. The number of carbonyl (C=O) groups excluding carboxylic acids is 2. The first kappa shape index (κ1) is 26.0. The average molecular weight is 531 g/mol. The molecule has 1 aliphatic rings. The molecule has 1 saturated heterocycles. The number of piperazine rings is 1. The third-order valence-corrected chi connectivity index (χ3v) is 4.57. The van der Waals surface area contributed by atoms with Crippen LogP contribution in [0.2, 0.25) is 0 Å². The molecule has 168 valence electrons. The lowest BCUT2D eigenvalue weighted by Gasteiger charge is -2.35. The van der Waals surface area contributed by atoms with Crippen LogP contribution in [0.25, 0.3) is 0 Å². The van der Waals surface area contributed by atoms with Crippen LogP contribution in [0, 0.1) is 0 Å². The third-order valence-electron chi connectivity index (χ3n) is 4.57. The lowest BCUT2D eigenvalue weighted by molar-refractivity contribution is -0.116. The van der Waals surface area contributed by atoms with Crippen molar-refractivity contribution in [1.82, 2.24) is 15.1 Å². The summed E-state index contributed by atoms with van der Waals surface area (Å²) in [6.45, 7) is 10.2. The van der Waals surface area contributed by atoms with Gasteiger partial charge in [-0.15, -0.1) is 24.0 Å². The minimum atomic E-state index is -0.250. The summed E-state index contributed by atoms with van der Waals surface area (Å²) in [7, 11) is 0. The highest BCUT2D eigenvalue weighted by Gasteiger charge is 2.23. The van der Waals surface area contributed by atoms with Crippen molar-refractivity contribution in [3.8, 4) is 0 Å². The molecule has 0 spiro atoms. The van der Waals surface area contributed by atoms with Crippen LogP contribution in [-0.4, -0.2) is 67.1 Å². The number of anilines is 1. The summed E-state index contributed by atoms with van der Waals surface area (Å²) >= 11 is 0. The molecule has 1 heterocycles. The first-order chi connectivity index (χ1) is 14.1. The monoisotopic (exact) mass is 531 g/mol. The summed E-state index contributed by atoms with van der Waals surface area (Å²) in [5.41, 5.74) is 1.87. The maximum absolute atomic E-state index is 11.9. The molecule has 1 aromatic carbocycles. The Morgan fingerprint density at radius 1 is 1.03 bits per heavy atom. The van der Waals surface area contributed by atoms with Crippen molar-refractivity contribution < 1.29 is 14.3 Å². The minimum Gasteiger partial charge on any atom is -0.450 e. The molecule has 1 aliphatic heterocycles. The Morgan fingerprint density at radius 3 is 2.23 bits per heavy atom. The first-order valence-corrected chi connectivity index (χ1v) is 10.4. The van der Waals surface area contributed by atoms with E-state index in [0.717, 1.165) is 30.2 Å². The van der Waals surface area contributed by atoms with E-state index in [4.69, 9.17) is 9.73 Å². The van der Waals surface area contributed by atoms with Gasteiger partial charge >= 0.3 is 6.09 Å². The van der Waals surface area contributed by atoms with Crippen LogP contribution in [0.5, 0.6) is 0 Å². The van der Waals surface area contributed by atoms with E-state index in [9.17, 15) is 9.59 Å². The Bertz CT molecular complexity index is 688. The summed E-state index contributed by atoms with van der Waals surface area (Å²) < 4.78 is 5.07. The van der Waals surface area contributed by atoms with Crippen LogP contribution in [0.1, 0.15) is 39.2 Å². The number of carbonyl (C=O) groups is 2. The Balaban J connectivity index is 0.00000450. The molecule has 0 aliphatic carbocycles. The Morgan fingerprint density at radius 2 is 1.67 bits per heavy atom. The van der Waals surface area contributed by atoms with Crippen LogP contribution < -0.4 is 10.6 Å². The number of aliphatic imine (C=N–C) groups is 1. The van der Waals surface area contributed by atoms with Crippen molar-refractivity contribution in [3.05, 3.63) is 29.8 Å². The molecule has 0 atom stereocenters. The zero-order valence-corrected chi connectivity index (χ0v) is 20.5. The molecule has 2 N–H and O–H groups in total. The Kier molecular flexibility index (Phi) is 12.2. The minimum absolute atomic E-state index is 0. The van der Waals surface area contributed by atoms with Crippen molar-refractivity contribution in [2.75, 3.05) is 44.6 Å². The van der Waals surface area contributed by atoms with Gasteiger partial charge in [-0.25, -0.2) is 9.79 Å². The van der Waals surface area contributed by atoms with Gasteiger partial charge in [0.2, 0.25) is 5.91 Å². The van der Waals surface area contributed by atoms with E-state index in [2.05, 4.69) is 15.5 Å². The third kappa shape index (κ3) is 8.37. The number of halogens is 1. The Labute approximate surface area is 196 Å². The van der Waals surface area contributed by atoms with E-state index in [1.165, 1.54) is 0 Å². The second-order valence-corrected chi connectivity index (χ2v) is 6.84. The fraction of sp³-hybridized carbons (Fsp3) is 0.571. The fourth-order valence-corrected chi connectivity index (χ4v) is 3.05. The highest BCUT2D eigenvalue weighted by atomic mass is 127.